The number of hydrogen-bond donors (Lipinski definition) is 3. The molecule has 0 atom stereocenters. The standard InChI is InChI=1S/C27H40F2N4OS/c1-7-9-16-35-24(18-31-6)19-33(30)15-11-10-12-23(28)14-13-20(3)34-27-22(5)21(4)26(32-8-2)17-25(27)29/h8,11,13-15,17-18,31-32H,2,7,9-10,12,16,19,30H2,1,3-6H3/b15-11-,20-13+,23-14+,24-18-. The van der Waals surface area contributed by atoms with Crippen LogP contribution in [0.3, 0.4) is 0 Å². The van der Waals surface area contributed by atoms with Gasteiger partial charge in [-0.1, -0.05) is 26.0 Å². The maximum absolute atomic E-state index is 14.5. The molecule has 0 spiro atoms. The average molecular weight is 507 g/mol. The average Bonchev–Trinajstić information content (AvgIpc) is 2.82. The Morgan fingerprint density at radius 3 is 2.69 bits per heavy atom. The fraction of sp³-hybridized carbons (Fsp3) is 0.407. The van der Waals surface area contributed by atoms with Gasteiger partial charge in [-0.15, -0.1) is 11.8 Å². The van der Waals surface area contributed by atoms with E-state index in [-0.39, 0.29) is 18.0 Å². The lowest BCUT2D eigenvalue weighted by atomic mass is 10.1. The van der Waals surface area contributed by atoms with E-state index in [1.54, 1.807) is 36.8 Å². The Morgan fingerprint density at radius 2 is 2.03 bits per heavy atom. The van der Waals surface area contributed by atoms with E-state index in [2.05, 4.69) is 24.1 Å². The van der Waals surface area contributed by atoms with E-state index < -0.39 is 5.82 Å². The summed E-state index contributed by atoms with van der Waals surface area (Å²) < 4.78 is 34.4. The summed E-state index contributed by atoms with van der Waals surface area (Å²) >= 11 is 1.78. The van der Waals surface area contributed by atoms with Gasteiger partial charge in [-0.25, -0.2) is 14.6 Å². The van der Waals surface area contributed by atoms with Gasteiger partial charge in [0.05, 0.1) is 6.54 Å². The minimum absolute atomic E-state index is 0.130. The highest BCUT2D eigenvalue weighted by atomic mass is 32.2. The van der Waals surface area contributed by atoms with Crippen molar-refractivity contribution in [3.63, 3.8) is 0 Å². The van der Waals surface area contributed by atoms with E-state index in [0.29, 0.717) is 30.0 Å². The fourth-order valence-corrected chi connectivity index (χ4v) is 4.17. The number of nitrogens with zero attached hydrogens (tertiary/aromatic N) is 1. The lowest BCUT2D eigenvalue weighted by Crippen LogP contribution is -2.27. The molecule has 0 radical (unpaired) electrons. The van der Waals surface area contributed by atoms with Crippen molar-refractivity contribution in [1.82, 2.24) is 10.3 Å². The highest BCUT2D eigenvalue weighted by molar-refractivity contribution is 8.03. The van der Waals surface area contributed by atoms with Gasteiger partial charge in [0, 0.05) is 42.5 Å². The van der Waals surface area contributed by atoms with Crippen LogP contribution >= 0.6 is 11.8 Å². The molecule has 8 heteroatoms. The number of benzene rings is 1. The Hall–Kier alpha value is -2.71. The summed E-state index contributed by atoms with van der Waals surface area (Å²) in [6, 6.07) is 1.36. The third kappa shape index (κ3) is 11.5. The first-order chi connectivity index (χ1) is 16.7. The van der Waals surface area contributed by atoms with Crippen LogP contribution in [0.25, 0.3) is 0 Å². The monoisotopic (exact) mass is 506 g/mol. The number of rotatable bonds is 16. The molecule has 0 aliphatic carbocycles. The lowest BCUT2D eigenvalue weighted by Gasteiger charge is -2.16. The number of allylic oxidation sites excluding steroid dienone is 5. The SMILES string of the molecule is C=CNc1cc(F)c(O/C(C)=C/C=C(/F)CC/C=C\N(N)C/C(=C/NC)SCCCC)c(C)c1C. The van der Waals surface area contributed by atoms with Crippen LogP contribution in [-0.4, -0.2) is 24.4 Å². The Balaban J connectivity index is 2.62. The number of halogens is 2. The molecule has 0 saturated carbocycles. The first-order valence-electron chi connectivity index (χ1n) is 11.8. The molecule has 4 N–H and O–H groups in total. The summed E-state index contributed by atoms with van der Waals surface area (Å²) in [6.07, 6.45) is 12.9. The first-order valence-corrected chi connectivity index (χ1v) is 12.8. The molecule has 0 aromatic heterocycles. The van der Waals surface area contributed by atoms with E-state index in [0.717, 1.165) is 29.1 Å². The fourth-order valence-electron chi connectivity index (χ4n) is 3.03. The summed E-state index contributed by atoms with van der Waals surface area (Å²) in [5, 5.41) is 7.55. The maximum Gasteiger partial charge on any atom is 0.168 e. The quantitative estimate of drug-likeness (QED) is 0.0725. The van der Waals surface area contributed by atoms with Crippen LogP contribution in [0.15, 0.2) is 66.0 Å². The Labute approximate surface area is 213 Å². The molecular formula is C27H40F2N4OS. The highest BCUT2D eigenvalue weighted by Gasteiger charge is 2.14. The molecule has 0 heterocycles. The molecule has 194 valence electrons. The second-order valence-corrected chi connectivity index (χ2v) is 9.24. The predicted molar refractivity (Wildman–Crippen MR) is 147 cm³/mol. The smallest absolute Gasteiger partial charge is 0.168 e. The van der Waals surface area contributed by atoms with Crippen LogP contribution in [0.4, 0.5) is 14.5 Å². The molecule has 1 rings (SSSR count). The summed E-state index contributed by atoms with van der Waals surface area (Å²) in [7, 11) is 1.86. The van der Waals surface area contributed by atoms with Crippen LogP contribution < -0.4 is 21.2 Å². The van der Waals surface area contributed by atoms with Gasteiger partial charge in [-0.05, 0) is 68.8 Å². The van der Waals surface area contributed by atoms with Crippen molar-refractivity contribution < 1.29 is 13.5 Å². The zero-order chi connectivity index (χ0) is 26.2. The minimum Gasteiger partial charge on any atom is -0.459 e. The Kier molecular flexibility index (Phi) is 14.6. The number of nitrogens with one attached hydrogen (secondary N) is 2. The molecule has 0 saturated heterocycles. The van der Waals surface area contributed by atoms with Crippen molar-refractivity contribution in [2.24, 2.45) is 5.84 Å². The van der Waals surface area contributed by atoms with Gasteiger partial charge in [0.2, 0.25) is 0 Å². The third-order valence-corrected chi connectivity index (χ3v) is 6.20. The van der Waals surface area contributed by atoms with Crippen LogP contribution in [-0.2, 0) is 0 Å². The van der Waals surface area contributed by atoms with E-state index >= 15 is 0 Å². The van der Waals surface area contributed by atoms with Crippen molar-refractivity contribution in [2.45, 2.75) is 53.4 Å². The van der Waals surface area contributed by atoms with Gasteiger partial charge in [0.15, 0.2) is 11.6 Å². The van der Waals surface area contributed by atoms with Gasteiger partial charge in [0.25, 0.3) is 0 Å². The Bertz CT molecular complexity index is 942. The number of thioether (sulfide) groups is 1. The molecule has 0 bridgehead atoms. The van der Waals surface area contributed by atoms with Gasteiger partial charge in [-0.2, -0.15) is 0 Å². The molecule has 35 heavy (non-hydrogen) atoms. The first kappa shape index (κ1) is 30.3. The van der Waals surface area contributed by atoms with Gasteiger partial charge >= 0.3 is 0 Å². The summed E-state index contributed by atoms with van der Waals surface area (Å²) in [5.41, 5.74) is 2.15. The number of hydrogen-bond acceptors (Lipinski definition) is 6. The zero-order valence-electron chi connectivity index (χ0n) is 21.6. The molecule has 1 aromatic rings. The molecule has 1 aromatic carbocycles. The minimum atomic E-state index is -0.498. The normalized spacial score (nSPS) is 12.7. The van der Waals surface area contributed by atoms with Crippen molar-refractivity contribution in [3.05, 3.63) is 82.9 Å². The largest absolute Gasteiger partial charge is 0.459 e. The number of anilines is 1. The molecule has 0 aliphatic rings. The second-order valence-electron chi connectivity index (χ2n) is 8.02. The lowest BCUT2D eigenvalue weighted by molar-refractivity contribution is 0.395. The molecule has 0 aliphatic heterocycles. The van der Waals surface area contributed by atoms with Crippen LogP contribution in [0.2, 0.25) is 0 Å². The van der Waals surface area contributed by atoms with Crippen molar-refractivity contribution in [3.8, 4) is 5.75 Å². The highest BCUT2D eigenvalue weighted by Crippen LogP contribution is 2.32. The molecule has 0 unspecified atom stereocenters. The number of ether oxygens (including phenoxy) is 1. The molecule has 0 amide bonds. The van der Waals surface area contributed by atoms with E-state index in [1.807, 2.05) is 26.2 Å². The summed E-state index contributed by atoms with van der Waals surface area (Å²) in [4.78, 5) is 1.15. The number of nitrogens with two attached hydrogens (primary N) is 1. The Morgan fingerprint density at radius 1 is 1.29 bits per heavy atom. The van der Waals surface area contributed by atoms with Crippen LogP contribution in [0.1, 0.15) is 50.7 Å². The summed E-state index contributed by atoms with van der Waals surface area (Å²) in [5.74, 6) is 6.82. The summed E-state index contributed by atoms with van der Waals surface area (Å²) in [6.45, 7) is 11.7. The second kappa shape index (κ2) is 16.8. The van der Waals surface area contributed by atoms with Crippen molar-refractivity contribution >= 4 is 17.4 Å². The third-order valence-electron chi connectivity index (χ3n) is 5.09. The van der Waals surface area contributed by atoms with E-state index in [4.69, 9.17) is 10.6 Å². The molecular weight excluding hydrogens is 466 g/mol. The topological polar surface area (TPSA) is 62.5 Å². The van der Waals surface area contributed by atoms with Crippen LogP contribution in [0, 0.1) is 19.7 Å². The van der Waals surface area contributed by atoms with Crippen molar-refractivity contribution in [2.75, 3.05) is 24.7 Å². The van der Waals surface area contributed by atoms with Gasteiger partial charge in [-0.3, -0.25) is 0 Å². The molecule has 0 fully saturated rings. The zero-order valence-corrected chi connectivity index (χ0v) is 22.4. The van der Waals surface area contributed by atoms with Gasteiger partial charge in [0.1, 0.15) is 11.6 Å². The van der Waals surface area contributed by atoms with Crippen molar-refractivity contribution in [1.29, 1.82) is 0 Å². The van der Waals surface area contributed by atoms with E-state index in [9.17, 15) is 8.78 Å². The predicted octanol–water partition coefficient (Wildman–Crippen LogP) is 7.20. The number of hydrazine groups is 1. The number of unbranched alkanes of at least 4 members (excludes halogenated alkanes) is 1. The van der Waals surface area contributed by atoms with E-state index in [1.165, 1.54) is 24.4 Å². The van der Waals surface area contributed by atoms with Crippen LogP contribution in [0.5, 0.6) is 5.75 Å². The molecule has 5 nitrogen and oxygen atoms in total. The maximum atomic E-state index is 14.5. The van der Waals surface area contributed by atoms with Gasteiger partial charge < -0.3 is 20.4 Å².